The predicted octanol–water partition coefficient (Wildman–Crippen LogP) is 3.10. The molecule has 3 N–H and O–H groups in total. The van der Waals surface area contributed by atoms with Crippen LogP contribution in [0.3, 0.4) is 0 Å². The van der Waals surface area contributed by atoms with Crippen molar-refractivity contribution >= 4 is 22.8 Å². The molecule has 160 valence electrons. The topological polar surface area (TPSA) is 89.1 Å². The van der Waals surface area contributed by atoms with E-state index in [1.54, 1.807) is 0 Å². The van der Waals surface area contributed by atoms with Crippen LogP contribution >= 0.6 is 0 Å². The van der Waals surface area contributed by atoms with Crippen molar-refractivity contribution in [2.24, 2.45) is 18.7 Å². The van der Waals surface area contributed by atoms with Crippen LogP contribution in [-0.2, 0) is 13.6 Å². The zero-order valence-electron chi connectivity index (χ0n) is 18.1. The van der Waals surface area contributed by atoms with E-state index in [0.29, 0.717) is 17.4 Å². The second kappa shape index (κ2) is 10.2. The minimum absolute atomic E-state index is 0.344. The number of hydrogen-bond acceptors (Lipinski definition) is 5. The zero-order valence-corrected chi connectivity index (χ0v) is 18.1. The molecular weight excluding hydrogens is 376 g/mol. The van der Waals surface area contributed by atoms with E-state index in [-0.39, 0.29) is 0 Å². The number of fused-ring (bicyclic) bond motifs is 1. The van der Waals surface area contributed by atoms with Gasteiger partial charge < -0.3 is 20.5 Å². The van der Waals surface area contributed by atoms with E-state index in [1.165, 1.54) is 28.9 Å². The number of piperidine rings is 1. The van der Waals surface area contributed by atoms with Crippen molar-refractivity contribution < 1.29 is 4.79 Å². The number of anilines is 1. The second-order valence-corrected chi connectivity index (χ2v) is 7.48. The Kier molecular flexibility index (Phi) is 7.41. The number of carbonyl (C=O) groups is 1. The fourth-order valence-corrected chi connectivity index (χ4v) is 3.93. The van der Waals surface area contributed by atoms with E-state index in [9.17, 15) is 4.79 Å². The Hall–Kier alpha value is -2.93. The predicted molar refractivity (Wildman–Crippen MR) is 121 cm³/mol. The van der Waals surface area contributed by atoms with Crippen LogP contribution in [0.4, 0.5) is 5.95 Å². The zero-order chi connectivity index (χ0) is 21.5. The van der Waals surface area contributed by atoms with E-state index in [4.69, 9.17) is 5.73 Å². The summed E-state index contributed by atoms with van der Waals surface area (Å²) in [5, 5.41) is 4.96. The first kappa shape index (κ1) is 21.8. The van der Waals surface area contributed by atoms with Gasteiger partial charge in [0.15, 0.2) is 0 Å². The molecule has 1 aromatic carbocycles. The molecule has 7 nitrogen and oxygen atoms in total. The summed E-state index contributed by atoms with van der Waals surface area (Å²) in [7, 11) is 2.10. The van der Waals surface area contributed by atoms with Crippen LogP contribution in [0.25, 0.3) is 10.9 Å². The summed E-state index contributed by atoms with van der Waals surface area (Å²) in [6.45, 7) is 7.75. The Labute approximate surface area is 178 Å². The molecular formula is C23H32N6O. The third-order valence-corrected chi connectivity index (χ3v) is 5.55. The fraction of sp³-hybridized carbons (Fsp3) is 0.435. The lowest BCUT2D eigenvalue weighted by Crippen LogP contribution is -2.38. The smallest absolute Gasteiger partial charge is 0.251 e. The lowest BCUT2D eigenvalue weighted by Gasteiger charge is -2.32. The number of aryl methyl sites for hydroxylation is 1. The number of hydrogen-bond donors (Lipinski definition) is 2. The summed E-state index contributed by atoms with van der Waals surface area (Å²) < 4.78 is 2.19. The molecule has 4 rings (SSSR count). The SMILES string of the molecule is CC.Cn1cc(CNCC2CCN(c3ncc(C(N)=O)cn3)CC2)c2ccccc21. The highest BCUT2D eigenvalue weighted by Gasteiger charge is 2.21. The van der Waals surface area contributed by atoms with Crippen molar-refractivity contribution in [1.82, 2.24) is 19.9 Å². The second-order valence-electron chi connectivity index (χ2n) is 7.48. The number of rotatable bonds is 6. The Bertz CT molecular complexity index is 957. The Morgan fingerprint density at radius 3 is 2.50 bits per heavy atom. The van der Waals surface area contributed by atoms with Gasteiger partial charge in [0.1, 0.15) is 0 Å². The quantitative estimate of drug-likeness (QED) is 0.654. The molecule has 1 fully saturated rings. The van der Waals surface area contributed by atoms with Gasteiger partial charge in [-0.05, 0) is 36.9 Å². The fourth-order valence-electron chi connectivity index (χ4n) is 3.93. The molecule has 3 aromatic rings. The van der Waals surface area contributed by atoms with Crippen molar-refractivity contribution in [3.8, 4) is 0 Å². The van der Waals surface area contributed by atoms with Gasteiger partial charge in [-0.25, -0.2) is 9.97 Å². The molecule has 0 aliphatic carbocycles. The lowest BCUT2D eigenvalue weighted by molar-refractivity contribution is 0.0999. The summed E-state index contributed by atoms with van der Waals surface area (Å²) in [6, 6.07) is 8.53. The minimum Gasteiger partial charge on any atom is -0.366 e. The van der Waals surface area contributed by atoms with E-state index in [0.717, 1.165) is 39.0 Å². The summed E-state index contributed by atoms with van der Waals surface area (Å²) in [4.78, 5) is 21.9. The highest BCUT2D eigenvalue weighted by Crippen LogP contribution is 2.22. The van der Waals surface area contributed by atoms with Crippen LogP contribution in [0.5, 0.6) is 0 Å². The molecule has 1 amide bonds. The number of benzene rings is 1. The standard InChI is InChI=1S/C21H26N6O.C2H6/c1-26-14-17(18-4-2-3-5-19(18)26)11-23-10-15-6-8-27(9-7-15)21-24-12-16(13-25-21)20(22)28;1-2/h2-5,12-15,23H,6-11H2,1H3,(H2,22,28);1-2H3. The van der Waals surface area contributed by atoms with Gasteiger partial charge in [-0.1, -0.05) is 32.0 Å². The van der Waals surface area contributed by atoms with Gasteiger partial charge in [0.2, 0.25) is 5.95 Å². The molecule has 3 heterocycles. The van der Waals surface area contributed by atoms with E-state index in [1.807, 2.05) is 13.8 Å². The average molecular weight is 409 g/mol. The lowest BCUT2D eigenvalue weighted by atomic mass is 9.97. The van der Waals surface area contributed by atoms with E-state index >= 15 is 0 Å². The third-order valence-electron chi connectivity index (χ3n) is 5.55. The first-order valence-corrected chi connectivity index (χ1v) is 10.7. The molecule has 30 heavy (non-hydrogen) atoms. The van der Waals surface area contributed by atoms with Crippen LogP contribution in [0.1, 0.15) is 42.6 Å². The maximum absolute atomic E-state index is 11.1. The van der Waals surface area contributed by atoms with Gasteiger partial charge in [-0.2, -0.15) is 0 Å². The van der Waals surface area contributed by atoms with Crippen LogP contribution in [-0.4, -0.2) is 40.1 Å². The normalized spacial score (nSPS) is 14.4. The van der Waals surface area contributed by atoms with Crippen molar-refractivity contribution in [2.75, 3.05) is 24.5 Å². The molecule has 1 aliphatic rings. The molecule has 0 bridgehead atoms. The molecule has 0 spiro atoms. The van der Waals surface area contributed by atoms with Gasteiger partial charge in [0.05, 0.1) is 5.56 Å². The van der Waals surface area contributed by atoms with Gasteiger partial charge in [0, 0.05) is 56.2 Å². The van der Waals surface area contributed by atoms with Gasteiger partial charge >= 0.3 is 0 Å². The largest absolute Gasteiger partial charge is 0.366 e. The maximum Gasteiger partial charge on any atom is 0.251 e. The van der Waals surface area contributed by atoms with Gasteiger partial charge in [-0.15, -0.1) is 0 Å². The average Bonchev–Trinajstić information content (AvgIpc) is 3.11. The Balaban J connectivity index is 0.00000124. The maximum atomic E-state index is 11.1. The molecule has 7 heteroatoms. The molecule has 2 aromatic heterocycles. The molecule has 0 radical (unpaired) electrons. The highest BCUT2D eigenvalue weighted by atomic mass is 16.1. The number of para-hydroxylation sites is 1. The number of aromatic nitrogens is 3. The Morgan fingerprint density at radius 2 is 1.83 bits per heavy atom. The van der Waals surface area contributed by atoms with E-state index < -0.39 is 5.91 Å². The van der Waals surface area contributed by atoms with Crippen LogP contribution in [0, 0.1) is 5.92 Å². The van der Waals surface area contributed by atoms with E-state index in [2.05, 4.69) is 62.3 Å². The van der Waals surface area contributed by atoms with Gasteiger partial charge in [-0.3, -0.25) is 4.79 Å². The number of nitrogens with two attached hydrogens (primary N) is 1. The van der Waals surface area contributed by atoms with Crippen LogP contribution < -0.4 is 16.0 Å². The molecule has 0 saturated carbocycles. The summed E-state index contributed by atoms with van der Waals surface area (Å²) >= 11 is 0. The van der Waals surface area contributed by atoms with Crippen LogP contribution in [0.2, 0.25) is 0 Å². The summed E-state index contributed by atoms with van der Waals surface area (Å²) in [6.07, 6.45) is 7.42. The number of nitrogens with zero attached hydrogens (tertiary/aromatic N) is 4. The number of amides is 1. The Morgan fingerprint density at radius 1 is 1.17 bits per heavy atom. The van der Waals surface area contributed by atoms with Crippen molar-refractivity contribution in [3.63, 3.8) is 0 Å². The first-order valence-electron chi connectivity index (χ1n) is 10.7. The monoisotopic (exact) mass is 408 g/mol. The molecule has 1 aliphatic heterocycles. The molecule has 0 atom stereocenters. The number of carbonyl (C=O) groups excluding carboxylic acids is 1. The highest BCUT2D eigenvalue weighted by molar-refractivity contribution is 5.92. The van der Waals surface area contributed by atoms with Crippen molar-refractivity contribution in [3.05, 3.63) is 54.0 Å². The first-order chi connectivity index (χ1) is 14.6. The molecule has 0 unspecified atom stereocenters. The van der Waals surface area contributed by atoms with Gasteiger partial charge in [0.25, 0.3) is 5.91 Å². The van der Waals surface area contributed by atoms with Crippen molar-refractivity contribution in [2.45, 2.75) is 33.2 Å². The molecule has 1 saturated heterocycles. The number of primary amides is 1. The number of nitrogens with one attached hydrogen (secondary N) is 1. The summed E-state index contributed by atoms with van der Waals surface area (Å²) in [5.74, 6) is 0.825. The van der Waals surface area contributed by atoms with Crippen molar-refractivity contribution in [1.29, 1.82) is 0 Å². The summed E-state index contributed by atoms with van der Waals surface area (Å²) in [5.41, 5.74) is 8.20. The third kappa shape index (κ3) is 4.97. The van der Waals surface area contributed by atoms with Crippen LogP contribution in [0.15, 0.2) is 42.9 Å². The minimum atomic E-state index is -0.498.